The number of nitrogens with one attached hydrogen (secondary N) is 1. The number of amides is 1. The van der Waals surface area contributed by atoms with E-state index in [0.29, 0.717) is 30.0 Å². The van der Waals surface area contributed by atoms with Gasteiger partial charge >= 0.3 is 5.76 Å². The molecule has 0 aliphatic carbocycles. The average molecular weight is 554 g/mol. The van der Waals surface area contributed by atoms with Crippen molar-refractivity contribution in [2.45, 2.75) is 31.5 Å². The highest BCUT2D eigenvalue weighted by atomic mass is 16.4. The maximum Gasteiger partial charge on any atom is 0.420 e. The number of aromatic nitrogens is 5. The Morgan fingerprint density at radius 1 is 1.12 bits per heavy atom. The van der Waals surface area contributed by atoms with Gasteiger partial charge in [0.2, 0.25) is 11.7 Å². The van der Waals surface area contributed by atoms with Gasteiger partial charge in [0.05, 0.1) is 30.6 Å². The van der Waals surface area contributed by atoms with Crippen LogP contribution in [0.3, 0.4) is 0 Å². The smallest absolute Gasteiger partial charge is 0.408 e. The Labute approximate surface area is 236 Å². The third kappa shape index (κ3) is 5.81. The van der Waals surface area contributed by atoms with E-state index in [4.69, 9.17) is 4.42 Å². The summed E-state index contributed by atoms with van der Waals surface area (Å²) >= 11 is 0. The molecule has 2 aromatic heterocycles. The second-order valence-electron chi connectivity index (χ2n) is 10.5. The van der Waals surface area contributed by atoms with Crippen molar-refractivity contribution in [3.05, 3.63) is 100 Å². The van der Waals surface area contributed by atoms with Gasteiger partial charge < -0.3 is 14.4 Å². The summed E-state index contributed by atoms with van der Waals surface area (Å²) in [5.74, 6) is -0.0402. The molecule has 1 saturated heterocycles. The first-order chi connectivity index (χ1) is 19.9. The predicted octanol–water partition coefficient (Wildman–Crippen LogP) is 2.63. The molecule has 0 saturated carbocycles. The maximum atomic E-state index is 13.6. The van der Waals surface area contributed by atoms with Crippen molar-refractivity contribution in [1.29, 1.82) is 0 Å². The van der Waals surface area contributed by atoms with Gasteiger partial charge in [-0.1, -0.05) is 54.6 Å². The third-order valence-corrected chi connectivity index (χ3v) is 7.68. The summed E-state index contributed by atoms with van der Waals surface area (Å²) in [6, 6.07) is 22.8. The number of aromatic amines is 1. The number of likely N-dealkylation sites (N-methyl/N-ethyl adjacent to an activating group) is 1. The Bertz CT molecular complexity index is 1700. The molecule has 5 aromatic rings. The minimum Gasteiger partial charge on any atom is -0.408 e. The number of aliphatic hydroxyl groups is 1. The molecule has 1 fully saturated rings. The van der Waals surface area contributed by atoms with Crippen molar-refractivity contribution in [1.82, 2.24) is 35.0 Å². The molecule has 2 N–H and O–H groups in total. The first-order valence-corrected chi connectivity index (χ1v) is 13.6. The van der Waals surface area contributed by atoms with E-state index in [0.717, 1.165) is 35.2 Å². The monoisotopic (exact) mass is 553 g/mol. The molecule has 3 aromatic carbocycles. The molecule has 1 aliphatic heterocycles. The molecule has 2 atom stereocenters. The maximum absolute atomic E-state index is 13.6. The van der Waals surface area contributed by atoms with E-state index in [1.165, 1.54) is 0 Å². The Morgan fingerprint density at radius 3 is 2.73 bits per heavy atom. The van der Waals surface area contributed by atoms with Crippen LogP contribution in [0.2, 0.25) is 0 Å². The van der Waals surface area contributed by atoms with E-state index in [1.54, 1.807) is 15.5 Å². The number of β-amino-alcohol motifs (C(OH)–C–C–N with tert-alkyl or cyclic N) is 1. The van der Waals surface area contributed by atoms with Crippen LogP contribution in [0.15, 0.2) is 82.0 Å². The number of hydrogen-bond acceptors (Lipinski definition) is 8. The Hall–Kier alpha value is -4.61. The van der Waals surface area contributed by atoms with Crippen LogP contribution < -0.4 is 5.76 Å². The van der Waals surface area contributed by atoms with Gasteiger partial charge in [0.25, 0.3) is 0 Å². The second kappa shape index (κ2) is 11.5. The highest BCUT2D eigenvalue weighted by Gasteiger charge is 2.28. The number of nitrogens with zero attached hydrogens (tertiary/aromatic N) is 6. The highest BCUT2D eigenvalue weighted by Crippen LogP contribution is 2.25. The van der Waals surface area contributed by atoms with Gasteiger partial charge in [-0.2, -0.15) is 5.21 Å². The van der Waals surface area contributed by atoms with Crippen LogP contribution in [0.5, 0.6) is 0 Å². The molecule has 0 radical (unpaired) electrons. The highest BCUT2D eigenvalue weighted by molar-refractivity contribution is 5.81. The zero-order chi connectivity index (χ0) is 28.3. The van der Waals surface area contributed by atoms with E-state index >= 15 is 0 Å². The van der Waals surface area contributed by atoms with Crippen molar-refractivity contribution in [2.24, 2.45) is 0 Å². The van der Waals surface area contributed by atoms with Gasteiger partial charge in [-0.05, 0) is 46.5 Å². The van der Waals surface area contributed by atoms with Crippen LogP contribution in [0.4, 0.5) is 0 Å². The summed E-state index contributed by atoms with van der Waals surface area (Å²) in [5.41, 5.74) is 4.57. The third-order valence-electron chi connectivity index (χ3n) is 7.68. The average Bonchev–Trinajstić information content (AvgIpc) is 3.73. The second-order valence-corrected chi connectivity index (χ2v) is 10.5. The van der Waals surface area contributed by atoms with Gasteiger partial charge in [-0.3, -0.25) is 14.3 Å². The molecule has 1 aliphatic rings. The zero-order valence-electron chi connectivity index (χ0n) is 22.7. The molecule has 1 amide bonds. The molecule has 41 heavy (non-hydrogen) atoms. The van der Waals surface area contributed by atoms with Crippen LogP contribution >= 0.6 is 0 Å². The van der Waals surface area contributed by atoms with Crippen molar-refractivity contribution in [2.75, 3.05) is 26.7 Å². The lowest BCUT2D eigenvalue weighted by Gasteiger charge is -2.32. The van der Waals surface area contributed by atoms with E-state index in [2.05, 4.69) is 25.5 Å². The molecular formula is C30H31N7O4. The number of carbonyl (C=O) groups excluding carboxylic acids is 1. The van der Waals surface area contributed by atoms with E-state index in [1.807, 2.05) is 73.8 Å². The summed E-state index contributed by atoms with van der Waals surface area (Å²) in [6.07, 6.45) is 0.589. The first-order valence-electron chi connectivity index (χ1n) is 13.6. The van der Waals surface area contributed by atoms with E-state index in [9.17, 15) is 14.7 Å². The zero-order valence-corrected chi connectivity index (χ0v) is 22.7. The number of aliphatic hydroxyl groups excluding tert-OH is 1. The van der Waals surface area contributed by atoms with E-state index in [-0.39, 0.29) is 31.0 Å². The topological polar surface area (TPSA) is 133 Å². The van der Waals surface area contributed by atoms with Crippen molar-refractivity contribution in [3.8, 4) is 11.4 Å². The predicted molar refractivity (Wildman–Crippen MR) is 152 cm³/mol. The lowest BCUT2D eigenvalue weighted by molar-refractivity contribution is -0.131. The lowest BCUT2D eigenvalue weighted by atomic mass is 10.0. The summed E-state index contributed by atoms with van der Waals surface area (Å²) in [6.45, 7) is 2.34. The normalized spacial score (nSPS) is 16.3. The fourth-order valence-corrected chi connectivity index (χ4v) is 5.47. The number of oxazole rings is 1. The number of benzene rings is 3. The summed E-state index contributed by atoms with van der Waals surface area (Å²) < 4.78 is 7.07. The molecule has 6 rings (SSSR count). The number of tetrazole rings is 1. The number of likely N-dealkylation sites (tertiary alicyclic amines) is 1. The Morgan fingerprint density at radius 2 is 1.98 bits per heavy atom. The number of carbonyl (C=O) groups is 1. The minimum absolute atomic E-state index is 0.0387. The van der Waals surface area contributed by atoms with Crippen LogP contribution in [-0.4, -0.2) is 78.8 Å². The fraction of sp³-hybridized carbons (Fsp3) is 0.300. The van der Waals surface area contributed by atoms with Crippen LogP contribution in [0, 0.1) is 0 Å². The number of H-pyrrole nitrogens is 1. The van der Waals surface area contributed by atoms with Crippen molar-refractivity contribution < 1.29 is 14.3 Å². The molecule has 11 heteroatoms. The summed E-state index contributed by atoms with van der Waals surface area (Å²) in [7, 11) is 1.83. The number of fused-ring (bicyclic) bond motifs is 1. The van der Waals surface area contributed by atoms with Gasteiger partial charge in [-0.25, -0.2) is 4.79 Å². The van der Waals surface area contributed by atoms with Gasteiger partial charge in [-0.15, -0.1) is 10.2 Å². The van der Waals surface area contributed by atoms with Crippen LogP contribution in [0.1, 0.15) is 29.2 Å². The Kier molecular flexibility index (Phi) is 7.45. The molecule has 1 unspecified atom stereocenters. The number of hydrogen-bond donors (Lipinski definition) is 2. The molecule has 0 bridgehead atoms. The molecule has 210 valence electrons. The molecule has 3 heterocycles. The SMILES string of the molecule is CN(C(=O)Cc1ccc2oc(=O)n(Cc3cccc(-c4nn[nH]n4)c3)c2c1)[C@H](CN1CCC(O)C1)c1ccccc1. The molecule has 11 nitrogen and oxygen atoms in total. The van der Waals surface area contributed by atoms with E-state index < -0.39 is 5.76 Å². The largest absolute Gasteiger partial charge is 0.420 e. The molecular weight excluding hydrogens is 522 g/mol. The minimum atomic E-state index is -0.470. The van der Waals surface area contributed by atoms with Crippen molar-refractivity contribution in [3.63, 3.8) is 0 Å². The van der Waals surface area contributed by atoms with Crippen LogP contribution in [-0.2, 0) is 17.8 Å². The summed E-state index contributed by atoms with van der Waals surface area (Å²) in [4.78, 5) is 30.4. The fourth-order valence-electron chi connectivity index (χ4n) is 5.47. The number of rotatable bonds is 9. The summed E-state index contributed by atoms with van der Waals surface area (Å²) in [5, 5.41) is 24.1. The Balaban J connectivity index is 1.23. The van der Waals surface area contributed by atoms with Crippen molar-refractivity contribution >= 4 is 17.0 Å². The lowest BCUT2D eigenvalue weighted by Crippen LogP contribution is -2.39. The quantitative estimate of drug-likeness (QED) is 0.285. The van der Waals surface area contributed by atoms with Gasteiger partial charge in [0, 0.05) is 32.2 Å². The van der Waals surface area contributed by atoms with Gasteiger partial charge in [0.1, 0.15) is 0 Å². The van der Waals surface area contributed by atoms with Gasteiger partial charge in [0.15, 0.2) is 5.58 Å². The first kappa shape index (κ1) is 26.6. The molecule has 0 spiro atoms. The van der Waals surface area contributed by atoms with Crippen LogP contribution in [0.25, 0.3) is 22.5 Å². The standard InChI is InChI=1S/C30H31N7O4/c1-35(26(22-7-3-2-4-8-22)19-36-13-12-24(38)18-36)28(39)16-20-10-11-27-25(15-20)37(30(40)41-27)17-21-6-5-9-23(14-21)29-31-33-34-32-29/h2-11,14-15,24,26,38H,12-13,16-19H2,1H3,(H,31,32,33,34)/t24?,26-/m1/s1.